The number of hydrogen-bond acceptors (Lipinski definition) is 3. The Morgan fingerprint density at radius 2 is 1.75 bits per heavy atom. The highest BCUT2D eigenvalue weighted by Crippen LogP contribution is 2.13. The van der Waals surface area contributed by atoms with Gasteiger partial charge in [-0.1, -0.05) is 13.8 Å². The Kier molecular flexibility index (Phi) is 6.18. The molecule has 0 spiro atoms. The molecule has 1 heterocycles. The van der Waals surface area contributed by atoms with Crippen molar-refractivity contribution in [2.75, 3.05) is 20.2 Å². The number of rotatable bonds is 7. The fourth-order valence-electron chi connectivity index (χ4n) is 2.51. The molecule has 1 aromatic heterocycles. The molecule has 2 aromatic rings. The summed E-state index contributed by atoms with van der Waals surface area (Å²) in [5.74, 6) is -0.0445. The first kappa shape index (κ1) is 17.8. The Morgan fingerprint density at radius 3 is 2.29 bits per heavy atom. The summed E-state index contributed by atoms with van der Waals surface area (Å²) >= 11 is 0. The number of hydrogen-bond donors (Lipinski definition) is 0. The molecule has 0 saturated heterocycles. The highest BCUT2D eigenvalue weighted by atomic mass is 16.5. The van der Waals surface area contributed by atoms with Crippen LogP contribution in [0.25, 0.3) is 5.69 Å². The van der Waals surface area contributed by atoms with E-state index in [1.165, 1.54) is 7.11 Å². The van der Waals surface area contributed by atoms with Crippen LogP contribution in [0.2, 0.25) is 0 Å². The topological polar surface area (TPSA) is 51.5 Å². The molecule has 0 N–H and O–H groups in total. The summed E-state index contributed by atoms with van der Waals surface area (Å²) in [6.07, 6.45) is 4.12. The van der Waals surface area contributed by atoms with E-state index in [-0.39, 0.29) is 18.3 Å². The van der Waals surface area contributed by atoms with Gasteiger partial charge < -0.3 is 14.2 Å². The number of carbonyl (C=O) groups excluding carboxylic acids is 2. The van der Waals surface area contributed by atoms with Gasteiger partial charge in [0.15, 0.2) is 0 Å². The van der Waals surface area contributed by atoms with Crippen molar-refractivity contribution < 1.29 is 14.3 Å². The standard InChI is InChI=1S/C19H24N2O3/c1-15(2)14-21(13-10-18(22)24-3)19(23)16-6-8-17(9-7-16)20-11-4-5-12-20/h4-9,11-12,15H,10,13-14H2,1-3H3. The molecule has 5 heteroatoms. The van der Waals surface area contributed by atoms with Gasteiger partial charge in [0.25, 0.3) is 5.91 Å². The molecule has 0 aliphatic rings. The zero-order chi connectivity index (χ0) is 17.5. The Hall–Kier alpha value is -2.56. The zero-order valence-corrected chi connectivity index (χ0v) is 14.4. The number of benzene rings is 1. The van der Waals surface area contributed by atoms with Gasteiger partial charge in [-0.2, -0.15) is 0 Å². The lowest BCUT2D eigenvalue weighted by atomic mass is 10.1. The van der Waals surface area contributed by atoms with E-state index in [1.807, 2.05) is 67.2 Å². The van der Waals surface area contributed by atoms with Crippen molar-refractivity contribution in [1.82, 2.24) is 9.47 Å². The summed E-state index contributed by atoms with van der Waals surface area (Å²) in [7, 11) is 1.36. The van der Waals surface area contributed by atoms with Crippen molar-refractivity contribution in [1.29, 1.82) is 0 Å². The Labute approximate surface area is 142 Å². The number of carbonyl (C=O) groups is 2. The predicted octanol–water partition coefficient (Wildman–Crippen LogP) is 3.14. The fraction of sp³-hybridized carbons (Fsp3) is 0.368. The maximum Gasteiger partial charge on any atom is 0.307 e. The van der Waals surface area contributed by atoms with Gasteiger partial charge in [0, 0.05) is 36.7 Å². The highest BCUT2D eigenvalue weighted by Gasteiger charge is 2.18. The third-order valence-corrected chi connectivity index (χ3v) is 3.70. The second-order valence-electron chi connectivity index (χ2n) is 6.11. The lowest BCUT2D eigenvalue weighted by Gasteiger charge is -2.24. The molecule has 0 unspecified atom stereocenters. The number of aromatic nitrogens is 1. The molecule has 0 fully saturated rings. The average Bonchev–Trinajstić information content (AvgIpc) is 3.12. The number of methoxy groups -OCH3 is 1. The number of esters is 1. The smallest absolute Gasteiger partial charge is 0.307 e. The predicted molar refractivity (Wildman–Crippen MR) is 93.1 cm³/mol. The van der Waals surface area contributed by atoms with Crippen LogP contribution < -0.4 is 0 Å². The van der Waals surface area contributed by atoms with Crippen molar-refractivity contribution in [3.8, 4) is 5.69 Å². The van der Waals surface area contributed by atoms with E-state index in [0.717, 1.165) is 5.69 Å². The minimum Gasteiger partial charge on any atom is -0.469 e. The molecule has 1 amide bonds. The largest absolute Gasteiger partial charge is 0.469 e. The van der Waals surface area contributed by atoms with Crippen molar-refractivity contribution in [2.45, 2.75) is 20.3 Å². The molecule has 0 bridgehead atoms. The van der Waals surface area contributed by atoms with Crippen LogP contribution in [0, 0.1) is 5.92 Å². The first-order valence-corrected chi connectivity index (χ1v) is 8.10. The highest BCUT2D eigenvalue weighted by molar-refractivity contribution is 5.94. The summed E-state index contributed by atoms with van der Waals surface area (Å²) in [4.78, 5) is 25.8. The normalized spacial score (nSPS) is 10.7. The number of ether oxygens (including phenoxy) is 1. The quantitative estimate of drug-likeness (QED) is 0.734. The van der Waals surface area contributed by atoms with E-state index in [9.17, 15) is 9.59 Å². The molecule has 0 radical (unpaired) electrons. The van der Waals surface area contributed by atoms with E-state index in [1.54, 1.807) is 4.90 Å². The summed E-state index contributed by atoms with van der Waals surface area (Å²) in [6, 6.07) is 11.4. The van der Waals surface area contributed by atoms with Crippen LogP contribution in [0.3, 0.4) is 0 Å². The van der Waals surface area contributed by atoms with E-state index in [0.29, 0.717) is 24.6 Å². The second-order valence-corrected chi connectivity index (χ2v) is 6.11. The molecular weight excluding hydrogens is 304 g/mol. The van der Waals surface area contributed by atoms with Crippen molar-refractivity contribution in [2.24, 2.45) is 5.92 Å². The third-order valence-electron chi connectivity index (χ3n) is 3.70. The minimum absolute atomic E-state index is 0.0633. The van der Waals surface area contributed by atoms with E-state index < -0.39 is 0 Å². The third kappa shape index (κ3) is 4.72. The van der Waals surface area contributed by atoms with Crippen molar-refractivity contribution in [3.63, 3.8) is 0 Å². The molecule has 2 rings (SSSR count). The lowest BCUT2D eigenvalue weighted by Crippen LogP contribution is -2.36. The molecule has 24 heavy (non-hydrogen) atoms. The second kappa shape index (κ2) is 8.34. The Bertz CT molecular complexity index is 660. The zero-order valence-electron chi connectivity index (χ0n) is 14.4. The van der Waals surface area contributed by atoms with E-state index in [2.05, 4.69) is 4.74 Å². The number of amides is 1. The molecule has 0 aliphatic carbocycles. The van der Waals surface area contributed by atoms with Crippen LogP contribution in [-0.4, -0.2) is 41.5 Å². The van der Waals surface area contributed by atoms with Crippen molar-refractivity contribution >= 4 is 11.9 Å². The molecule has 128 valence electrons. The molecule has 0 atom stereocenters. The van der Waals surface area contributed by atoms with Gasteiger partial charge in [0.05, 0.1) is 13.5 Å². The van der Waals surface area contributed by atoms with E-state index >= 15 is 0 Å². The van der Waals surface area contributed by atoms with Crippen LogP contribution in [-0.2, 0) is 9.53 Å². The maximum atomic E-state index is 12.7. The monoisotopic (exact) mass is 328 g/mol. The minimum atomic E-state index is -0.306. The Morgan fingerprint density at radius 1 is 1.12 bits per heavy atom. The van der Waals surface area contributed by atoms with Gasteiger partial charge in [-0.15, -0.1) is 0 Å². The van der Waals surface area contributed by atoms with Gasteiger partial charge in [-0.05, 0) is 42.3 Å². The van der Waals surface area contributed by atoms with Crippen LogP contribution in [0.1, 0.15) is 30.6 Å². The fourth-order valence-corrected chi connectivity index (χ4v) is 2.51. The van der Waals surface area contributed by atoms with Crippen LogP contribution in [0.5, 0.6) is 0 Å². The maximum absolute atomic E-state index is 12.7. The first-order chi connectivity index (χ1) is 11.5. The molecule has 0 saturated carbocycles. The average molecular weight is 328 g/mol. The summed E-state index contributed by atoms with van der Waals surface area (Å²) in [5, 5.41) is 0. The van der Waals surface area contributed by atoms with Crippen LogP contribution >= 0.6 is 0 Å². The molecular formula is C19H24N2O3. The molecule has 1 aromatic carbocycles. The molecule has 5 nitrogen and oxygen atoms in total. The van der Waals surface area contributed by atoms with Crippen LogP contribution in [0.15, 0.2) is 48.8 Å². The van der Waals surface area contributed by atoms with Crippen LogP contribution in [0.4, 0.5) is 0 Å². The first-order valence-electron chi connectivity index (χ1n) is 8.10. The molecule has 0 aliphatic heterocycles. The lowest BCUT2D eigenvalue weighted by molar-refractivity contribution is -0.140. The SMILES string of the molecule is COC(=O)CCN(CC(C)C)C(=O)c1ccc(-n2cccc2)cc1. The van der Waals surface area contributed by atoms with E-state index in [4.69, 9.17) is 0 Å². The summed E-state index contributed by atoms with van der Waals surface area (Å²) < 4.78 is 6.65. The van der Waals surface area contributed by atoms with Gasteiger partial charge >= 0.3 is 5.97 Å². The summed E-state index contributed by atoms with van der Waals surface area (Å²) in [6.45, 7) is 5.07. The summed E-state index contributed by atoms with van der Waals surface area (Å²) in [5.41, 5.74) is 1.62. The van der Waals surface area contributed by atoms with Gasteiger partial charge in [0.2, 0.25) is 0 Å². The van der Waals surface area contributed by atoms with Gasteiger partial charge in [0.1, 0.15) is 0 Å². The van der Waals surface area contributed by atoms with Crippen molar-refractivity contribution in [3.05, 3.63) is 54.4 Å². The number of nitrogens with zero attached hydrogens (tertiary/aromatic N) is 2. The van der Waals surface area contributed by atoms with Gasteiger partial charge in [-0.3, -0.25) is 9.59 Å². The van der Waals surface area contributed by atoms with Gasteiger partial charge in [-0.25, -0.2) is 0 Å². The Balaban J connectivity index is 2.11.